The summed E-state index contributed by atoms with van der Waals surface area (Å²) in [6.07, 6.45) is 0.196. The lowest BCUT2D eigenvalue weighted by Crippen LogP contribution is -2.61. The van der Waals surface area contributed by atoms with Gasteiger partial charge in [-0.1, -0.05) is 27.7 Å². The van der Waals surface area contributed by atoms with Gasteiger partial charge < -0.3 is 9.84 Å². The zero-order valence-corrected chi connectivity index (χ0v) is 13.6. The topological polar surface area (TPSA) is 66.8 Å². The van der Waals surface area contributed by atoms with Crippen LogP contribution in [0.1, 0.15) is 54.9 Å². The summed E-state index contributed by atoms with van der Waals surface area (Å²) in [4.78, 5) is 25.3. The number of hydrogen-bond acceptors (Lipinski definition) is 3. The molecular weight excluding hydrogens is 258 g/mol. The average molecular weight is 285 g/mol. The average Bonchev–Trinajstić information content (AvgIpc) is 2.08. The first-order valence-corrected chi connectivity index (χ1v) is 6.98. The van der Waals surface area contributed by atoms with Crippen LogP contribution in [0.15, 0.2) is 0 Å². The second-order valence-electron chi connectivity index (χ2n) is 8.18. The highest BCUT2D eigenvalue weighted by Crippen LogP contribution is 2.44. The Bertz CT molecular complexity index is 407. The van der Waals surface area contributed by atoms with E-state index < -0.39 is 29.1 Å². The fraction of sp³-hybridized carbons (Fsp3) is 0.867. The monoisotopic (exact) mass is 285 g/mol. The number of nitrogens with zero attached hydrogens (tertiary/aromatic N) is 1. The SMILES string of the molecule is CC1(C)CN(C(=O)OC(C)(C)C)C(C(=O)O)C(C)(C)C1. The van der Waals surface area contributed by atoms with Crippen LogP contribution >= 0.6 is 0 Å². The predicted octanol–water partition coefficient (Wildman–Crippen LogP) is 3.13. The predicted molar refractivity (Wildman–Crippen MR) is 76.5 cm³/mol. The van der Waals surface area contributed by atoms with E-state index in [0.717, 1.165) is 6.42 Å². The summed E-state index contributed by atoms with van der Waals surface area (Å²) in [5, 5.41) is 9.51. The van der Waals surface area contributed by atoms with Crippen LogP contribution in [0, 0.1) is 10.8 Å². The number of carbonyl (C=O) groups excluding carboxylic acids is 1. The zero-order valence-electron chi connectivity index (χ0n) is 13.6. The van der Waals surface area contributed by atoms with Crippen molar-refractivity contribution in [2.45, 2.75) is 66.5 Å². The third-order valence-corrected chi connectivity index (χ3v) is 3.45. The van der Waals surface area contributed by atoms with E-state index in [-0.39, 0.29) is 5.41 Å². The quantitative estimate of drug-likeness (QED) is 0.803. The molecule has 0 aromatic rings. The molecule has 1 aliphatic rings. The summed E-state index contributed by atoms with van der Waals surface area (Å²) >= 11 is 0. The first kappa shape index (κ1) is 16.8. The molecule has 116 valence electrons. The first-order valence-electron chi connectivity index (χ1n) is 6.98. The van der Waals surface area contributed by atoms with Gasteiger partial charge >= 0.3 is 12.1 Å². The summed E-state index contributed by atoms with van der Waals surface area (Å²) in [5.74, 6) is -0.976. The number of amides is 1. The van der Waals surface area contributed by atoms with Crippen molar-refractivity contribution >= 4 is 12.1 Å². The van der Waals surface area contributed by atoms with Gasteiger partial charge in [0.25, 0.3) is 0 Å². The maximum absolute atomic E-state index is 12.3. The Morgan fingerprint density at radius 2 is 1.70 bits per heavy atom. The molecule has 20 heavy (non-hydrogen) atoms. The highest BCUT2D eigenvalue weighted by atomic mass is 16.6. The van der Waals surface area contributed by atoms with Gasteiger partial charge in [0.1, 0.15) is 11.6 Å². The van der Waals surface area contributed by atoms with Crippen molar-refractivity contribution in [3.8, 4) is 0 Å². The number of carbonyl (C=O) groups is 2. The largest absolute Gasteiger partial charge is 0.480 e. The van der Waals surface area contributed by atoms with E-state index in [1.807, 2.05) is 27.7 Å². The van der Waals surface area contributed by atoms with Gasteiger partial charge in [0.2, 0.25) is 0 Å². The van der Waals surface area contributed by atoms with Crippen molar-refractivity contribution in [2.75, 3.05) is 6.54 Å². The van der Waals surface area contributed by atoms with Gasteiger partial charge in [-0.05, 0) is 38.0 Å². The molecule has 1 rings (SSSR count). The van der Waals surface area contributed by atoms with Gasteiger partial charge in [-0.2, -0.15) is 0 Å². The van der Waals surface area contributed by atoms with Crippen molar-refractivity contribution in [3.63, 3.8) is 0 Å². The number of carboxylic acid groups (broad SMARTS) is 1. The minimum atomic E-state index is -0.976. The molecule has 0 spiro atoms. The minimum Gasteiger partial charge on any atom is -0.480 e. The molecule has 1 amide bonds. The summed E-state index contributed by atoms with van der Waals surface area (Å²) in [6.45, 7) is 13.6. The zero-order chi connectivity index (χ0) is 15.9. The van der Waals surface area contributed by atoms with Crippen molar-refractivity contribution in [3.05, 3.63) is 0 Å². The maximum atomic E-state index is 12.3. The molecule has 5 heteroatoms. The molecule has 5 nitrogen and oxygen atoms in total. The van der Waals surface area contributed by atoms with Crippen LogP contribution in [0.3, 0.4) is 0 Å². The smallest absolute Gasteiger partial charge is 0.411 e. The Hall–Kier alpha value is -1.26. The normalized spacial score (nSPS) is 25.1. The lowest BCUT2D eigenvalue weighted by atomic mass is 9.67. The van der Waals surface area contributed by atoms with Crippen molar-refractivity contribution < 1.29 is 19.4 Å². The van der Waals surface area contributed by atoms with Crippen molar-refractivity contribution in [1.29, 1.82) is 0 Å². The van der Waals surface area contributed by atoms with Crippen molar-refractivity contribution in [2.24, 2.45) is 10.8 Å². The summed E-state index contributed by atoms with van der Waals surface area (Å²) in [6, 6.07) is -0.856. The Labute approximate surface area is 121 Å². The Morgan fingerprint density at radius 1 is 1.20 bits per heavy atom. The number of rotatable bonds is 1. The molecule has 1 N–H and O–H groups in total. The van der Waals surface area contributed by atoms with Crippen LogP contribution < -0.4 is 0 Å². The van der Waals surface area contributed by atoms with Gasteiger partial charge in [0.05, 0.1) is 0 Å². The molecule has 0 saturated carbocycles. The molecule has 1 saturated heterocycles. The van der Waals surface area contributed by atoms with Gasteiger partial charge in [0.15, 0.2) is 0 Å². The number of hydrogen-bond donors (Lipinski definition) is 1. The highest BCUT2D eigenvalue weighted by molar-refractivity contribution is 5.81. The molecule has 1 atom stereocenters. The number of likely N-dealkylation sites (tertiary alicyclic amines) is 1. The number of ether oxygens (including phenoxy) is 1. The molecule has 0 bridgehead atoms. The lowest BCUT2D eigenvalue weighted by Gasteiger charge is -2.50. The van der Waals surface area contributed by atoms with E-state index in [0.29, 0.717) is 6.54 Å². The molecule has 1 heterocycles. The van der Waals surface area contributed by atoms with Gasteiger partial charge in [-0.3, -0.25) is 4.90 Å². The van der Waals surface area contributed by atoms with Gasteiger partial charge in [0, 0.05) is 6.54 Å². The fourth-order valence-electron chi connectivity index (χ4n) is 3.32. The summed E-state index contributed by atoms with van der Waals surface area (Å²) in [5.41, 5.74) is -1.26. The van der Waals surface area contributed by atoms with E-state index in [2.05, 4.69) is 0 Å². The Balaban J connectivity index is 3.11. The standard InChI is InChI=1S/C15H27NO4/c1-13(2,3)20-12(19)16-9-14(4,5)8-15(6,7)10(16)11(17)18/h10H,8-9H2,1-7H3,(H,17,18). The summed E-state index contributed by atoms with van der Waals surface area (Å²) < 4.78 is 5.37. The molecule has 0 radical (unpaired) electrons. The van der Waals surface area contributed by atoms with Crippen LogP contribution in [-0.4, -0.2) is 40.3 Å². The molecule has 1 fully saturated rings. The van der Waals surface area contributed by atoms with Crippen LogP contribution in [0.4, 0.5) is 4.79 Å². The van der Waals surface area contributed by atoms with Gasteiger partial charge in [-0.25, -0.2) is 9.59 Å². The second kappa shape index (κ2) is 4.93. The molecule has 1 unspecified atom stereocenters. The third-order valence-electron chi connectivity index (χ3n) is 3.45. The fourth-order valence-corrected chi connectivity index (χ4v) is 3.32. The van der Waals surface area contributed by atoms with Crippen LogP contribution in [0.2, 0.25) is 0 Å². The van der Waals surface area contributed by atoms with E-state index in [4.69, 9.17) is 4.74 Å². The molecule has 0 aromatic heterocycles. The lowest BCUT2D eigenvalue weighted by molar-refractivity contribution is -0.153. The van der Waals surface area contributed by atoms with Crippen LogP contribution in [0.5, 0.6) is 0 Å². The van der Waals surface area contributed by atoms with Crippen molar-refractivity contribution in [1.82, 2.24) is 4.90 Å². The maximum Gasteiger partial charge on any atom is 0.411 e. The molecule has 0 aromatic carbocycles. The minimum absolute atomic E-state index is 0.133. The third kappa shape index (κ3) is 3.87. The number of piperidine rings is 1. The van der Waals surface area contributed by atoms with Gasteiger partial charge in [-0.15, -0.1) is 0 Å². The molecule has 1 aliphatic heterocycles. The van der Waals surface area contributed by atoms with E-state index >= 15 is 0 Å². The molecule has 0 aliphatic carbocycles. The van der Waals surface area contributed by atoms with Crippen LogP contribution in [-0.2, 0) is 9.53 Å². The highest BCUT2D eigenvalue weighted by Gasteiger charge is 2.51. The van der Waals surface area contributed by atoms with Crippen LogP contribution in [0.25, 0.3) is 0 Å². The van der Waals surface area contributed by atoms with E-state index in [1.54, 1.807) is 20.8 Å². The number of carboxylic acids is 1. The molecular formula is C15H27NO4. The summed E-state index contributed by atoms with van der Waals surface area (Å²) in [7, 11) is 0. The Kier molecular flexibility index (Phi) is 4.14. The van der Waals surface area contributed by atoms with E-state index in [1.165, 1.54) is 4.90 Å². The first-order chi connectivity index (χ1) is 8.75. The Morgan fingerprint density at radius 3 is 2.10 bits per heavy atom. The second-order valence-corrected chi connectivity index (χ2v) is 8.18. The van der Waals surface area contributed by atoms with E-state index in [9.17, 15) is 14.7 Å². The number of aliphatic carboxylic acids is 1.